The quantitative estimate of drug-likeness (QED) is 0.0247. The number of nitrogens with one attached hydrogen (secondary N) is 1. The second kappa shape index (κ2) is 35.3. The predicted octanol–water partition coefficient (Wildman–Crippen LogP) is 6.83. The highest BCUT2D eigenvalue weighted by Crippen LogP contribution is 2.23. The van der Waals surface area contributed by atoms with Gasteiger partial charge in [0.15, 0.2) is 6.29 Å². The maximum atomic E-state index is 13.0. The Kier molecular flexibility index (Phi) is 33.0. The molecule has 11 heteroatoms. The highest BCUT2D eigenvalue weighted by Gasteiger charge is 2.44. The fourth-order valence-corrected chi connectivity index (χ4v) is 6.88. The lowest BCUT2D eigenvalue weighted by atomic mass is 9.98. The fraction of sp³-hybridized carbons (Fsp3) is 0.844. The number of amides is 1. The fourth-order valence-electron chi connectivity index (χ4n) is 6.88. The van der Waals surface area contributed by atoms with Crippen LogP contribution in [-0.4, -0.2) is 110 Å². The van der Waals surface area contributed by atoms with E-state index in [1.807, 2.05) is 0 Å². The molecular formula is C45H83NO10. The van der Waals surface area contributed by atoms with Crippen LogP contribution in [-0.2, 0) is 14.3 Å². The van der Waals surface area contributed by atoms with E-state index in [4.69, 9.17) is 9.47 Å². The Bertz CT molecular complexity index is 1010. The summed E-state index contributed by atoms with van der Waals surface area (Å²) in [5.74, 6) is -0.717. The number of rotatable bonds is 36. The van der Waals surface area contributed by atoms with E-state index in [9.17, 15) is 40.5 Å². The Balaban J connectivity index is 2.49. The van der Waals surface area contributed by atoms with Gasteiger partial charge in [0, 0.05) is 0 Å². The van der Waals surface area contributed by atoms with Crippen LogP contribution in [0.1, 0.15) is 174 Å². The lowest BCUT2D eigenvalue weighted by molar-refractivity contribution is -0.303. The average Bonchev–Trinajstić information content (AvgIpc) is 3.20. The SMILES string of the molecule is CCCCCCCCC/C=C/CC/C=C/CC/C=C/CCCC(O)C(O)C(COC1OC(CO)C(O)C(O)C1O)NC(=O)C(O)CCCCCCCCCCC. The monoisotopic (exact) mass is 798 g/mol. The van der Waals surface area contributed by atoms with Crippen LogP contribution in [0.15, 0.2) is 36.5 Å². The van der Waals surface area contributed by atoms with Crippen molar-refractivity contribution in [3.63, 3.8) is 0 Å². The van der Waals surface area contributed by atoms with Crippen molar-refractivity contribution < 1.29 is 50.0 Å². The normalized spacial score (nSPS) is 22.6. The molecule has 9 unspecified atom stereocenters. The Labute approximate surface area is 339 Å². The molecule has 1 heterocycles. The summed E-state index contributed by atoms with van der Waals surface area (Å²) in [6.45, 7) is 3.36. The Morgan fingerprint density at radius 1 is 0.607 bits per heavy atom. The van der Waals surface area contributed by atoms with Crippen LogP contribution >= 0.6 is 0 Å². The first kappa shape index (κ1) is 52.3. The molecule has 0 aromatic rings. The maximum Gasteiger partial charge on any atom is 0.249 e. The molecule has 328 valence electrons. The molecule has 0 spiro atoms. The van der Waals surface area contributed by atoms with Crippen molar-refractivity contribution in [3.05, 3.63) is 36.5 Å². The van der Waals surface area contributed by atoms with Crippen LogP contribution in [0.4, 0.5) is 0 Å². The number of carbonyl (C=O) groups excluding carboxylic acids is 1. The van der Waals surface area contributed by atoms with Gasteiger partial charge in [0.05, 0.1) is 25.4 Å². The average molecular weight is 798 g/mol. The van der Waals surface area contributed by atoms with Gasteiger partial charge >= 0.3 is 0 Å². The van der Waals surface area contributed by atoms with Gasteiger partial charge in [-0.05, 0) is 64.2 Å². The second-order valence-corrected chi connectivity index (χ2v) is 15.7. The third kappa shape index (κ3) is 25.0. The maximum absolute atomic E-state index is 13.0. The summed E-state index contributed by atoms with van der Waals surface area (Å²) in [6, 6.07) is -1.19. The van der Waals surface area contributed by atoms with Crippen molar-refractivity contribution in [2.75, 3.05) is 13.2 Å². The van der Waals surface area contributed by atoms with E-state index < -0.39 is 74.2 Å². The molecular weight excluding hydrogens is 714 g/mol. The molecule has 1 aliphatic heterocycles. The summed E-state index contributed by atoms with van der Waals surface area (Å²) in [4.78, 5) is 13.0. The van der Waals surface area contributed by atoms with Crippen LogP contribution in [0.25, 0.3) is 0 Å². The van der Waals surface area contributed by atoms with E-state index in [0.29, 0.717) is 19.3 Å². The largest absolute Gasteiger partial charge is 0.394 e. The summed E-state index contributed by atoms with van der Waals surface area (Å²) in [5.41, 5.74) is 0. The van der Waals surface area contributed by atoms with Gasteiger partial charge in [-0.1, -0.05) is 147 Å². The number of unbranched alkanes of at least 4 members (excludes halogenated alkanes) is 18. The van der Waals surface area contributed by atoms with Crippen LogP contribution in [0.5, 0.6) is 0 Å². The van der Waals surface area contributed by atoms with Crippen molar-refractivity contribution in [2.45, 2.75) is 229 Å². The van der Waals surface area contributed by atoms with Gasteiger partial charge in [-0.25, -0.2) is 0 Å². The minimum atomic E-state index is -1.67. The molecule has 0 radical (unpaired) electrons. The van der Waals surface area contributed by atoms with E-state index in [0.717, 1.165) is 44.9 Å². The summed E-state index contributed by atoms with van der Waals surface area (Å²) < 4.78 is 11.0. The van der Waals surface area contributed by atoms with Crippen LogP contribution in [0.3, 0.4) is 0 Å². The number of hydrogen-bond donors (Lipinski definition) is 8. The van der Waals surface area contributed by atoms with Crippen molar-refractivity contribution in [3.8, 4) is 0 Å². The van der Waals surface area contributed by atoms with Crippen molar-refractivity contribution >= 4 is 5.91 Å². The van der Waals surface area contributed by atoms with Crippen molar-refractivity contribution in [2.24, 2.45) is 0 Å². The number of aliphatic hydroxyl groups is 7. The molecule has 0 aromatic carbocycles. The van der Waals surface area contributed by atoms with E-state index in [2.05, 4.69) is 55.6 Å². The first-order valence-electron chi connectivity index (χ1n) is 22.4. The molecule has 0 saturated carbocycles. The van der Waals surface area contributed by atoms with Gasteiger partial charge in [-0.3, -0.25) is 4.79 Å². The first-order chi connectivity index (χ1) is 27.2. The lowest BCUT2D eigenvalue weighted by Gasteiger charge is -2.40. The van der Waals surface area contributed by atoms with Gasteiger partial charge in [0.1, 0.15) is 36.6 Å². The molecule has 9 atom stereocenters. The number of allylic oxidation sites excluding steroid dienone is 6. The summed E-state index contributed by atoms with van der Waals surface area (Å²) in [5, 5.41) is 75.4. The summed E-state index contributed by atoms with van der Waals surface area (Å²) >= 11 is 0. The van der Waals surface area contributed by atoms with Crippen LogP contribution in [0, 0.1) is 0 Å². The number of ether oxygens (including phenoxy) is 2. The zero-order valence-electron chi connectivity index (χ0n) is 35.1. The summed E-state index contributed by atoms with van der Waals surface area (Å²) in [6.07, 6.45) is 27.8. The molecule has 0 bridgehead atoms. The predicted molar refractivity (Wildman–Crippen MR) is 224 cm³/mol. The van der Waals surface area contributed by atoms with E-state index in [1.54, 1.807) is 0 Å². The van der Waals surface area contributed by atoms with E-state index in [1.165, 1.54) is 83.5 Å². The van der Waals surface area contributed by atoms with Gasteiger partial charge in [-0.15, -0.1) is 0 Å². The smallest absolute Gasteiger partial charge is 0.249 e. The Hall–Kier alpha value is -1.67. The van der Waals surface area contributed by atoms with Crippen molar-refractivity contribution in [1.82, 2.24) is 5.32 Å². The number of carbonyl (C=O) groups is 1. The highest BCUT2D eigenvalue weighted by atomic mass is 16.7. The molecule has 1 aliphatic rings. The topological polar surface area (TPSA) is 189 Å². The third-order valence-corrected chi connectivity index (χ3v) is 10.7. The molecule has 8 N–H and O–H groups in total. The Morgan fingerprint density at radius 2 is 1.07 bits per heavy atom. The van der Waals surface area contributed by atoms with Gasteiger partial charge in [0.2, 0.25) is 5.91 Å². The number of aliphatic hydroxyl groups excluding tert-OH is 7. The minimum absolute atomic E-state index is 0.241. The van der Waals surface area contributed by atoms with Crippen LogP contribution < -0.4 is 5.32 Å². The van der Waals surface area contributed by atoms with Crippen LogP contribution in [0.2, 0.25) is 0 Å². The highest BCUT2D eigenvalue weighted by molar-refractivity contribution is 5.80. The molecule has 1 rings (SSSR count). The number of hydrogen-bond acceptors (Lipinski definition) is 10. The molecule has 1 saturated heterocycles. The first-order valence-corrected chi connectivity index (χ1v) is 22.4. The van der Waals surface area contributed by atoms with E-state index >= 15 is 0 Å². The lowest BCUT2D eigenvalue weighted by Crippen LogP contribution is -2.60. The third-order valence-electron chi connectivity index (χ3n) is 10.7. The molecule has 0 aliphatic carbocycles. The standard InChI is InChI=1S/C45H83NO10/c1-3-5-7-9-11-13-14-15-16-17-18-19-20-21-22-23-25-26-28-30-32-37(48)40(50)36(35-55-45-43(53)42(52)41(51)39(34-47)56-45)46-44(54)38(49)33-31-29-27-24-12-10-8-6-4-2/h16-17,20-21,25-26,36-43,45,47-53H,3-15,18-19,22-24,27-35H2,1-2H3,(H,46,54)/b17-16+,21-20+,26-25+. The molecule has 1 fully saturated rings. The molecule has 11 nitrogen and oxygen atoms in total. The zero-order valence-corrected chi connectivity index (χ0v) is 35.1. The zero-order chi connectivity index (χ0) is 41.2. The van der Waals surface area contributed by atoms with Gasteiger partial charge in [0.25, 0.3) is 0 Å². The molecule has 0 aromatic heterocycles. The van der Waals surface area contributed by atoms with Gasteiger partial charge < -0.3 is 50.5 Å². The molecule has 1 amide bonds. The van der Waals surface area contributed by atoms with Crippen molar-refractivity contribution in [1.29, 1.82) is 0 Å². The Morgan fingerprint density at radius 3 is 1.59 bits per heavy atom. The summed E-state index contributed by atoms with van der Waals surface area (Å²) in [7, 11) is 0. The molecule has 56 heavy (non-hydrogen) atoms. The van der Waals surface area contributed by atoms with Gasteiger partial charge in [-0.2, -0.15) is 0 Å². The van der Waals surface area contributed by atoms with E-state index in [-0.39, 0.29) is 12.8 Å². The minimum Gasteiger partial charge on any atom is -0.394 e. The second-order valence-electron chi connectivity index (χ2n) is 15.7.